The second-order valence-electron chi connectivity index (χ2n) is 3.84. The van der Waals surface area contributed by atoms with Crippen molar-refractivity contribution in [1.29, 1.82) is 0 Å². The fourth-order valence-electron chi connectivity index (χ4n) is 1.34. The first-order chi connectivity index (χ1) is 4.70. The third-order valence-electron chi connectivity index (χ3n) is 2.57. The summed E-state index contributed by atoms with van der Waals surface area (Å²) in [6.45, 7) is 4.17. The molecule has 0 spiro atoms. The van der Waals surface area contributed by atoms with Crippen LogP contribution >= 0.6 is 0 Å². The van der Waals surface area contributed by atoms with Crippen LogP contribution in [0.1, 0.15) is 39.5 Å². The van der Waals surface area contributed by atoms with Crippen molar-refractivity contribution in [2.24, 2.45) is 11.8 Å². The molecular formula is C9H18O. The van der Waals surface area contributed by atoms with Crippen molar-refractivity contribution in [1.82, 2.24) is 0 Å². The molecule has 1 fully saturated rings. The van der Waals surface area contributed by atoms with Crippen LogP contribution < -0.4 is 0 Å². The van der Waals surface area contributed by atoms with E-state index in [0.29, 0.717) is 5.92 Å². The van der Waals surface area contributed by atoms with Crippen LogP contribution in [0.25, 0.3) is 0 Å². The van der Waals surface area contributed by atoms with Crippen LogP contribution in [0.3, 0.4) is 0 Å². The normalized spacial score (nSPS) is 22.8. The van der Waals surface area contributed by atoms with Gasteiger partial charge in [0, 0.05) is 0 Å². The summed E-state index contributed by atoms with van der Waals surface area (Å²) < 4.78 is 0. The van der Waals surface area contributed by atoms with Crippen LogP contribution in [-0.4, -0.2) is 11.2 Å². The lowest BCUT2D eigenvalue weighted by Crippen LogP contribution is -2.23. The highest BCUT2D eigenvalue weighted by Crippen LogP contribution is 2.31. The van der Waals surface area contributed by atoms with Gasteiger partial charge in [-0.3, -0.25) is 0 Å². The Hall–Kier alpha value is -0.0400. The van der Waals surface area contributed by atoms with Gasteiger partial charge in [-0.25, -0.2) is 0 Å². The van der Waals surface area contributed by atoms with Crippen molar-refractivity contribution in [3.05, 3.63) is 0 Å². The van der Waals surface area contributed by atoms with E-state index in [1.54, 1.807) is 0 Å². The van der Waals surface area contributed by atoms with E-state index in [9.17, 15) is 5.11 Å². The molecule has 10 heavy (non-hydrogen) atoms. The van der Waals surface area contributed by atoms with Gasteiger partial charge in [0.25, 0.3) is 0 Å². The maximum atomic E-state index is 9.46. The van der Waals surface area contributed by atoms with Crippen molar-refractivity contribution in [3.8, 4) is 0 Å². The number of aliphatic hydroxyl groups excluding tert-OH is 1. The Balaban J connectivity index is 2.10. The van der Waals surface area contributed by atoms with Crippen molar-refractivity contribution < 1.29 is 5.11 Å². The molecule has 0 radical (unpaired) electrons. The van der Waals surface area contributed by atoms with Crippen LogP contribution in [0.15, 0.2) is 0 Å². The van der Waals surface area contributed by atoms with E-state index in [1.165, 1.54) is 19.3 Å². The molecule has 0 heterocycles. The molecule has 0 aromatic rings. The molecule has 1 N–H and O–H groups in total. The first-order valence-electron chi connectivity index (χ1n) is 4.38. The number of hydrogen-bond donors (Lipinski definition) is 1. The van der Waals surface area contributed by atoms with Crippen LogP contribution in [0.5, 0.6) is 0 Å². The quantitative estimate of drug-likeness (QED) is 0.640. The molecule has 1 rings (SSSR count). The van der Waals surface area contributed by atoms with Gasteiger partial charge in [0.15, 0.2) is 0 Å². The minimum atomic E-state index is -0.0506. The van der Waals surface area contributed by atoms with E-state index in [1.807, 2.05) is 0 Å². The number of rotatable bonds is 3. The maximum Gasteiger partial charge on any atom is 0.0565 e. The predicted octanol–water partition coefficient (Wildman–Crippen LogP) is 2.19. The fraction of sp³-hybridized carbons (Fsp3) is 1.00. The van der Waals surface area contributed by atoms with Gasteiger partial charge in [-0.15, -0.1) is 0 Å². The van der Waals surface area contributed by atoms with E-state index >= 15 is 0 Å². The SMILES string of the molecule is CC(C)C(O)CC1CCC1. The van der Waals surface area contributed by atoms with Crippen LogP contribution in [0.2, 0.25) is 0 Å². The molecule has 1 heteroatoms. The summed E-state index contributed by atoms with van der Waals surface area (Å²) in [6, 6.07) is 0. The Morgan fingerprint density at radius 3 is 2.30 bits per heavy atom. The average molecular weight is 142 g/mol. The van der Waals surface area contributed by atoms with E-state index in [0.717, 1.165) is 12.3 Å². The second kappa shape index (κ2) is 3.38. The van der Waals surface area contributed by atoms with E-state index in [-0.39, 0.29) is 6.10 Å². The van der Waals surface area contributed by atoms with Crippen LogP contribution in [-0.2, 0) is 0 Å². The highest BCUT2D eigenvalue weighted by atomic mass is 16.3. The first kappa shape index (κ1) is 8.06. The van der Waals surface area contributed by atoms with Crippen LogP contribution in [0, 0.1) is 11.8 Å². The monoisotopic (exact) mass is 142 g/mol. The Kier molecular flexibility index (Phi) is 2.72. The fourth-order valence-corrected chi connectivity index (χ4v) is 1.34. The average Bonchev–Trinajstić information content (AvgIpc) is 1.77. The molecule has 1 aliphatic rings. The van der Waals surface area contributed by atoms with Gasteiger partial charge in [0.2, 0.25) is 0 Å². The molecule has 0 aromatic heterocycles. The standard InChI is InChI=1S/C9H18O/c1-7(2)9(10)6-8-4-3-5-8/h7-10H,3-6H2,1-2H3. The predicted molar refractivity (Wildman–Crippen MR) is 42.8 cm³/mol. The van der Waals surface area contributed by atoms with Crippen molar-refractivity contribution in [2.45, 2.75) is 45.6 Å². The Morgan fingerprint density at radius 2 is 2.00 bits per heavy atom. The van der Waals surface area contributed by atoms with Crippen molar-refractivity contribution in [2.75, 3.05) is 0 Å². The minimum absolute atomic E-state index is 0.0506. The zero-order chi connectivity index (χ0) is 7.56. The molecule has 1 nitrogen and oxygen atoms in total. The minimum Gasteiger partial charge on any atom is -0.393 e. The van der Waals surface area contributed by atoms with Gasteiger partial charge in [-0.05, 0) is 18.3 Å². The van der Waals surface area contributed by atoms with Crippen molar-refractivity contribution in [3.63, 3.8) is 0 Å². The number of aliphatic hydroxyl groups is 1. The molecule has 0 aromatic carbocycles. The summed E-state index contributed by atoms with van der Waals surface area (Å²) >= 11 is 0. The Morgan fingerprint density at radius 1 is 1.40 bits per heavy atom. The topological polar surface area (TPSA) is 20.2 Å². The molecule has 0 saturated heterocycles. The molecular weight excluding hydrogens is 124 g/mol. The summed E-state index contributed by atoms with van der Waals surface area (Å²) in [4.78, 5) is 0. The molecule has 1 saturated carbocycles. The maximum absolute atomic E-state index is 9.46. The summed E-state index contributed by atoms with van der Waals surface area (Å²) in [6.07, 6.45) is 5.08. The largest absolute Gasteiger partial charge is 0.393 e. The smallest absolute Gasteiger partial charge is 0.0565 e. The molecule has 0 bridgehead atoms. The summed E-state index contributed by atoms with van der Waals surface area (Å²) in [5.74, 6) is 1.29. The molecule has 60 valence electrons. The zero-order valence-corrected chi connectivity index (χ0v) is 7.01. The summed E-state index contributed by atoms with van der Waals surface area (Å²) in [7, 11) is 0. The summed E-state index contributed by atoms with van der Waals surface area (Å²) in [5, 5.41) is 9.46. The Bertz CT molecular complexity index is 94.9. The summed E-state index contributed by atoms with van der Waals surface area (Å²) in [5.41, 5.74) is 0. The van der Waals surface area contributed by atoms with Gasteiger partial charge in [0.05, 0.1) is 6.10 Å². The van der Waals surface area contributed by atoms with Gasteiger partial charge < -0.3 is 5.11 Å². The second-order valence-corrected chi connectivity index (χ2v) is 3.84. The molecule has 1 unspecified atom stereocenters. The van der Waals surface area contributed by atoms with Crippen LogP contribution in [0.4, 0.5) is 0 Å². The lowest BCUT2D eigenvalue weighted by atomic mass is 9.80. The molecule has 1 atom stereocenters. The third kappa shape index (κ3) is 1.98. The zero-order valence-electron chi connectivity index (χ0n) is 7.01. The number of hydrogen-bond acceptors (Lipinski definition) is 1. The van der Waals surface area contributed by atoms with Gasteiger partial charge >= 0.3 is 0 Å². The van der Waals surface area contributed by atoms with Crippen molar-refractivity contribution >= 4 is 0 Å². The van der Waals surface area contributed by atoms with E-state index < -0.39 is 0 Å². The highest BCUT2D eigenvalue weighted by molar-refractivity contribution is 4.74. The van der Waals surface area contributed by atoms with E-state index in [4.69, 9.17) is 0 Å². The lowest BCUT2D eigenvalue weighted by molar-refractivity contribution is 0.0792. The molecule has 0 aliphatic heterocycles. The highest BCUT2D eigenvalue weighted by Gasteiger charge is 2.21. The van der Waals surface area contributed by atoms with Gasteiger partial charge in [0.1, 0.15) is 0 Å². The van der Waals surface area contributed by atoms with Gasteiger partial charge in [-0.2, -0.15) is 0 Å². The molecule has 0 amide bonds. The molecule has 1 aliphatic carbocycles. The first-order valence-corrected chi connectivity index (χ1v) is 4.38. The third-order valence-corrected chi connectivity index (χ3v) is 2.57. The Labute approximate surface area is 63.4 Å². The van der Waals surface area contributed by atoms with Gasteiger partial charge in [-0.1, -0.05) is 33.1 Å². The lowest BCUT2D eigenvalue weighted by Gasteiger charge is -2.28. The van der Waals surface area contributed by atoms with E-state index in [2.05, 4.69) is 13.8 Å².